The van der Waals surface area contributed by atoms with Gasteiger partial charge in [-0.15, -0.1) is 12.4 Å². The van der Waals surface area contributed by atoms with Crippen molar-refractivity contribution >= 4 is 29.2 Å². The number of piperidine rings is 1. The lowest BCUT2D eigenvalue weighted by molar-refractivity contribution is 0.0912. The lowest BCUT2D eigenvalue weighted by Gasteiger charge is -2.32. The van der Waals surface area contributed by atoms with Crippen molar-refractivity contribution in [1.29, 1.82) is 0 Å². The zero-order chi connectivity index (χ0) is 24.4. The first kappa shape index (κ1) is 25.8. The first-order chi connectivity index (χ1) is 17.0. The number of phenolic OH excluding ortho intramolecular Hbond substituents is 1. The summed E-state index contributed by atoms with van der Waals surface area (Å²) in [7, 11) is 0. The number of amides is 1. The van der Waals surface area contributed by atoms with E-state index in [0.717, 1.165) is 61.2 Å². The molecular weight excluding hydrogens is 470 g/mol. The Morgan fingerprint density at radius 2 is 1.67 bits per heavy atom. The molecule has 0 atom stereocenters. The zero-order valence-corrected chi connectivity index (χ0v) is 21.7. The van der Waals surface area contributed by atoms with E-state index in [4.69, 9.17) is 0 Å². The number of carbonyl (C=O) groups excluding carboxylic acids is 1. The molecule has 36 heavy (non-hydrogen) atoms. The number of carbonyl (C=O) groups is 1. The minimum Gasteiger partial charge on any atom is -0.508 e. The van der Waals surface area contributed by atoms with Crippen LogP contribution in [0.3, 0.4) is 0 Å². The minimum atomic E-state index is -0.0632. The molecule has 1 amide bonds. The fraction of sp³-hybridized carbons (Fsp3) is 0.300. The third-order valence-corrected chi connectivity index (χ3v) is 7.19. The van der Waals surface area contributed by atoms with E-state index in [2.05, 4.69) is 76.3 Å². The Hall–Kier alpha value is -3.28. The fourth-order valence-corrected chi connectivity index (χ4v) is 5.21. The predicted molar refractivity (Wildman–Crippen MR) is 149 cm³/mol. The van der Waals surface area contributed by atoms with Gasteiger partial charge in [-0.3, -0.25) is 4.79 Å². The van der Waals surface area contributed by atoms with E-state index in [1.165, 1.54) is 11.1 Å². The van der Waals surface area contributed by atoms with Gasteiger partial charge in [0.1, 0.15) is 5.75 Å². The molecule has 2 N–H and O–H groups in total. The van der Waals surface area contributed by atoms with Gasteiger partial charge >= 0.3 is 0 Å². The van der Waals surface area contributed by atoms with E-state index in [1.807, 2.05) is 13.0 Å². The van der Waals surface area contributed by atoms with Crippen LogP contribution < -0.4 is 5.32 Å². The molecule has 1 aromatic heterocycles. The van der Waals surface area contributed by atoms with Crippen LogP contribution in [0, 0.1) is 13.8 Å². The molecule has 0 spiro atoms. The summed E-state index contributed by atoms with van der Waals surface area (Å²) < 4.78 is 2.11. The van der Waals surface area contributed by atoms with E-state index in [1.54, 1.807) is 12.1 Å². The number of fused-ring (bicyclic) bond motifs is 1. The molecule has 4 aromatic rings. The highest BCUT2D eigenvalue weighted by molar-refractivity contribution is 6.09. The lowest BCUT2D eigenvalue weighted by Crippen LogP contribution is -2.45. The largest absolute Gasteiger partial charge is 0.508 e. The average molecular weight is 504 g/mol. The van der Waals surface area contributed by atoms with Gasteiger partial charge in [0, 0.05) is 42.4 Å². The van der Waals surface area contributed by atoms with Crippen molar-refractivity contribution in [2.45, 2.75) is 39.2 Å². The van der Waals surface area contributed by atoms with Crippen LogP contribution in [0.2, 0.25) is 0 Å². The molecule has 5 rings (SSSR count). The van der Waals surface area contributed by atoms with Gasteiger partial charge in [0.15, 0.2) is 0 Å². The third kappa shape index (κ3) is 5.43. The maximum absolute atomic E-state index is 13.5. The highest BCUT2D eigenvalue weighted by Gasteiger charge is 2.25. The number of nitrogens with one attached hydrogen (secondary N) is 1. The summed E-state index contributed by atoms with van der Waals surface area (Å²) in [4.78, 5) is 16.0. The summed E-state index contributed by atoms with van der Waals surface area (Å²) in [5.74, 6) is 0.103. The monoisotopic (exact) mass is 503 g/mol. The molecule has 1 aliphatic heterocycles. The maximum atomic E-state index is 13.5. The smallest absolute Gasteiger partial charge is 0.253 e. The summed E-state index contributed by atoms with van der Waals surface area (Å²) in [6, 6.07) is 24.3. The summed E-state index contributed by atoms with van der Waals surface area (Å²) >= 11 is 0. The van der Waals surface area contributed by atoms with E-state index in [0.29, 0.717) is 5.56 Å². The van der Waals surface area contributed by atoms with Crippen LogP contribution in [-0.2, 0) is 6.42 Å². The standard InChI is InChI=1S/C30H33N3O2.ClH/c1-21-8-10-25(11-9-21)33-22(2)29(27-20-26(34)12-13-28(27)33)30(35)31-24-15-18-32(19-16-24)17-14-23-6-4-3-5-7-23;/h3-13,20,24,34H,14-19H2,1-2H3,(H,31,35);1H. The molecule has 0 aliphatic carbocycles. The number of hydrogen-bond acceptors (Lipinski definition) is 3. The van der Waals surface area contributed by atoms with Crippen LogP contribution in [-0.4, -0.2) is 46.2 Å². The van der Waals surface area contributed by atoms with Gasteiger partial charge in [0.2, 0.25) is 0 Å². The SMILES string of the molecule is Cc1ccc(-n2c(C)c(C(=O)NC3CCN(CCc4ccccc4)CC3)c3cc(O)ccc32)cc1.Cl. The van der Waals surface area contributed by atoms with Crippen LogP contribution in [0.5, 0.6) is 5.75 Å². The zero-order valence-electron chi connectivity index (χ0n) is 20.9. The second kappa shape index (κ2) is 11.2. The molecule has 0 saturated carbocycles. The highest BCUT2D eigenvalue weighted by Crippen LogP contribution is 2.32. The van der Waals surface area contributed by atoms with Crippen molar-refractivity contribution in [2.24, 2.45) is 0 Å². The number of rotatable bonds is 6. The molecule has 0 unspecified atom stereocenters. The summed E-state index contributed by atoms with van der Waals surface area (Å²) in [6.07, 6.45) is 2.95. The Bertz CT molecular complexity index is 1320. The Morgan fingerprint density at radius 3 is 2.36 bits per heavy atom. The van der Waals surface area contributed by atoms with Crippen molar-refractivity contribution < 1.29 is 9.90 Å². The number of benzene rings is 3. The van der Waals surface area contributed by atoms with Crippen molar-refractivity contribution in [3.63, 3.8) is 0 Å². The Balaban J connectivity index is 0.00000304. The number of hydrogen-bond donors (Lipinski definition) is 2. The van der Waals surface area contributed by atoms with E-state index in [9.17, 15) is 9.90 Å². The van der Waals surface area contributed by atoms with E-state index in [-0.39, 0.29) is 30.1 Å². The van der Waals surface area contributed by atoms with Gasteiger partial charge in [-0.05, 0) is 69.0 Å². The number of aromatic nitrogens is 1. The van der Waals surface area contributed by atoms with Crippen molar-refractivity contribution in [3.8, 4) is 11.4 Å². The molecule has 6 heteroatoms. The molecular formula is C30H34ClN3O2. The average Bonchev–Trinajstić information content (AvgIpc) is 3.15. The first-order valence-corrected chi connectivity index (χ1v) is 12.5. The summed E-state index contributed by atoms with van der Waals surface area (Å²) in [6.45, 7) is 7.07. The third-order valence-electron chi connectivity index (χ3n) is 7.19. The number of aromatic hydroxyl groups is 1. The predicted octanol–water partition coefficient (Wildman–Crippen LogP) is 5.81. The van der Waals surface area contributed by atoms with Crippen LogP contribution in [0.4, 0.5) is 0 Å². The minimum absolute atomic E-state index is 0. The van der Waals surface area contributed by atoms with Crippen LogP contribution in [0.25, 0.3) is 16.6 Å². The van der Waals surface area contributed by atoms with Crippen molar-refractivity contribution in [2.75, 3.05) is 19.6 Å². The molecule has 5 nitrogen and oxygen atoms in total. The molecule has 0 bridgehead atoms. The number of aryl methyl sites for hydroxylation is 1. The quantitative estimate of drug-likeness (QED) is 0.349. The maximum Gasteiger partial charge on any atom is 0.253 e. The molecule has 0 radical (unpaired) electrons. The molecule has 188 valence electrons. The highest BCUT2D eigenvalue weighted by atomic mass is 35.5. The molecule has 2 heterocycles. The summed E-state index contributed by atoms with van der Waals surface area (Å²) in [5, 5.41) is 14.3. The van der Waals surface area contributed by atoms with Crippen molar-refractivity contribution in [1.82, 2.24) is 14.8 Å². The normalized spacial score (nSPS) is 14.5. The first-order valence-electron chi connectivity index (χ1n) is 12.5. The lowest BCUT2D eigenvalue weighted by atomic mass is 10.0. The van der Waals surface area contributed by atoms with Gasteiger partial charge in [-0.2, -0.15) is 0 Å². The molecule has 1 fully saturated rings. The van der Waals surface area contributed by atoms with Crippen LogP contribution in [0.1, 0.15) is 40.0 Å². The Kier molecular flexibility index (Phi) is 8.02. The van der Waals surface area contributed by atoms with E-state index >= 15 is 0 Å². The fourth-order valence-electron chi connectivity index (χ4n) is 5.21. The second-order valence-corrected chi connectivity index (χ2v) is 9.66. The summed E-state index contributed by atoms with van der Waals surface area (Å²) in [5.41, 5.74) is 6.01. The second-order valence-electron chi connectivity index (χ2n) is 9.66. The van der Waals surface area contributed by atoms with Gasteiger partial charge < -0.3 is 19.9 Å². The van der Waals surface area contributed by atoms with Crippen LogP contribution in [0.15, 0.2) is 72.8 Å². The molecule has 3 aromatic carbocycles. The number of likely N-dealkylation sites (tertiary alicyclic amines) is 1. The van der Waals surface area contributed by atoms with Crippen molar-refractivity contribution in [3.05, 3.63) is 95.2 Å². The van der Waals surface area contributed by atoms with Gasteiger partial charge in [0.25, 0.3) is 5.91 Å². The topological polar surface area (TPSA) is 57.5 Å². The molecule has 1 saturated heterocycles. The van der Waals surface area contributed by atoms with E-state index < -0.39 is 0 Å². The van der Waals surface area contributed by atoms with Crippen LogP contribution >= 0.6 is 12.4 Å². The van der Waals surface area contributed by atoms with Gasteiger partial charge in [0.05, 0.1) is 11.1 Å². The number of halogens is 1. The number of phenols is 1. The molecule has 1 aliphatic rings. The van der Waals surface area contributed by atoms with Gasteiger partial charge in [-0.25, -0.2) is 0 Å². The Labute approximate surface area is 219 Å². The van der Waals surface area contributed by atoms with Gasteiger partial charge in [-0.1, -0.05) is 48.0 Å². The number of nitrogens with zero attached hydrogens (tertiary/aromatic N) is 2. The Morgan fingerprint density at radius 1 is 0.972 bits per heavy atom.